The summed E-state index contributed by atoms with van der Waals surface area (Å²) in [5.41, 5.74) is 1.14. The van der Waals surface area contributed by atoms with E-state index in [1.165, 1.54) is 7.11 Å². The number of nitrogens with zero attached hydrogens (tertiary/aromatic N) is 1. The summed E-state index contributed by atoms with van der Waals surface area (Å²) in [6.45, 7) is 3.64. The first-order valence-electron chi connectivity index (χ1n) is 7.05. The topological polar surface area (TPSA) is 96.9 Å². The molecule has 23 heavy (non-hydrogen) atoms. The van der Waals surface area contributed by atoms with Crippen LogP contribution >= 0.6 is 0 Å². The number of amides is 2. The van der Waals surface area contributed by atoms with Crippen LogP contribution < -0.4 is 10.6 Å². The molecule has 0 aliphatic rings. The molecule has 0 heterocycles. The molecule has 0 saturated heterocycles. The lowest BCUT2D eigenvalue weighted by molar-refractivity contribution is -0.119. The summed E-state index contributed by atoms with van der Waals surface area (Å²) in [7, 11) is -0.985. The summed E-state index contributed by atoms with van der Waals surface area (Å²) < 4.78 is 20.2. The largest absolute Gasteiger partial charge is 0.453 e. The first-order valence-corrected chi connectivity index (χ1v) is 9.38. The van der Waals surface area contributed by atoms with Gasteiger partial charge < -0.3 is 15.4 Å². The molecule has 0 aromatic heterocycles. The maximum absolute atomic E-state index is 12.3. The minimum atomic E-state index is -2.23. The van der Waals surface area contributed by atoms with Gasteiger partial charge in [0, 0.05) is 27.9 Å². The van der Waals surface area contributed by atoms with Crippen molar-refractivity contribution in [1.29, 1.82) is 0 Å². The molecule has 8 heteroatoms. The second-order valence-electron chi connectivity index (χ2n) is 5.67. The third-order valence-corrected chi connectivity index (χ3v) is 3.52. The van der Waals surface area contributed by atoms with Gasteiger partial charge in [-0.2, -0.15) is 4.36 Å². The number of carbonyl (C=O) groups is 2. The van der Waals surface area contributed by atoms with Crippen LogP contribution in [0.3, 0.4) is 0 Å². The molecule has 2 N–H and O–H groups in total. The van der Waals surface area contributed by atoms with E-state index in [9.17, 15) is 13.8 Å². The smallest absolute Gasteiger partial charge is 0.407 e. The van der Waals surface area contributed by atoms with Crippen molar-refractivity contribution >= 4 is 33.1 Å². The van der Waals surface area contributed by atoms with E-state index in [1.54, 1.807) is 36.8 Å². The van der Waals surface area contributed by atoms with E-state index < -0.39 is 21.9 Å². The van der Waals surface area contributed by atoms with Gasteiger partial charge in [0.2, 0.25) is 5.91 Å². The zero-order valence-corrected chi connectivity index (χ0v) is 14.8. The number of benzene rings is 1. The lowest BCUT2D eigenvalue weighted by atomic mass is 10.0. The van der Waals surface area contributed by atoms with Crippen LogP contribution in [0.1, 0.15) is 13.8 Å². The van der Waals surface area contributed by atoms with Crippen molar-refractivity contribution in [2.45, 2.75) is 19.9 Å². The molecule has 0 unspecified atom stereocenters. The second-order valence-corrected chi connectivity index (χ2v) is 8.21. The number of methoxy groups -OCH3 is 1. The highest BCUT2D eigenvalue weighted by molar-refractivity contribution is 7.92. The fourth-order valence-corrected chi connectivity index (χ4v) is 2.43. The molecule has 1 atom stereocenters. The molecular weight excluding hydrogens is 318 g/mol. The standard InChI is InChI=1S/C15H23N3O4S/c1-10(2)13(17-15(20)22-3)14(19)16-11-6-8-12(9-7-11)18-23(4,5)21/h6-10,13H,1-5H3,(H,16,19)(H,17,20)/t13-/m0/s1. The summed E-state index contributed by atoms with van der Waals surface area (Å²) in [6, 6.07) is 5.95. The van der Waals surface area contributed by atoms with E-state index >= 15 is 0 Å². The Morgan fingerprint density at radius 3 is 2.17 bits per heavy atom. The summed E-state index contributed by atoms with van der Waals surface area (Å²) in [6.07, 6.45) is 2.44. The first-order chi connectivity index (χ1) is 10.6. The minimum Gasteiger partial charge on any atom is -0.453 e. The third-order valence-electron chi connectivity index (χ3n) is 2.87. The van der Waals surface area contributed by atoms with Gasteiger partial charge in [-0.1, -0.05) is 13.8 Å². The van der Waals surface area contributed by atoms with Gasteiger partial charge in [0.1, 0.15) is 6.04 Å². The molecule has 1 rings (SSSR count). The molecule has 1 aromatic rings. The average Bonchev–Trinajstić information content (AvgIpc) is 2.44. The molecule has 0 saturated carbocycles. The van der Waals surface area contributed by atoms with E-state index in [1.807, 2.05) is 13.8 Å². The number of rotatable bonds is 5. The van der Waals surface area contributed by atoms with Crippen LogP contribution in [0.15, 0.2) is 28.6 Å². The van der Waals surface area contributed by atoms with Gasteiger partial charge >= 0.3 is 6.09 Å². The third kappa shape index (κ3) is 6.68. The number of nitrogens with one attached hydrogen (secondary N) is 2. The Labute approximate surface area is 137 Å². The summed E-state index contributed by atoms with van der Waals surface area (Å²) in [5, 5.41) is 5.22. The van der Waals surface area contributed by atoms with Crippen LogP contribution in [0.5, 0.6) is 0 Å². The second kappa shape index (κ2) is 7.96. The fourth-order valence-electron chi connectivity index (χ4n) is 1.80. The minimum absolute atomic E-state index is 0.103. The van der Waals surface area contributed by atoms with E-state index in [0.717, 1.165) is 0 Å². The van der Waals surface area contributed by atoms with Crippen LogP contribution in [0.2, 0.25) is 0 Å². The molecule has 2 amide bonds. The van der Waals surface area contributed by atoms with Gasteiger partial charge in [-0.15, -0.1) is 0 Å². The van der Waals surface area contributed by atoms with Gasteiger partial charge in [0.05, 0.1) is 12.8 Å². The van der Waals surface area contributed by atoms with E-state index in [4.69, 9.17) is 0 Å². The number of ether oxygens (including phenoxy) is 1. The maximum Gasteiger partial charge on any atom is 0.407 e. The Morgan fingerprint density at radius 2 is 1.74 bits per heavy atom. The monoisotopic (exact) mass is 341 g/mol. The molecule has 0 spiro atoms. The van der Waals surface area contributed by atoms with Crippen molar-refractivity contribution in [3.05, 3.63) is 24.3 Å². The lowest BCUT2D eigenvalue weighted by Gasteiger charge is -2.20. The normalized spacial score (nSPS) is 12.4. The zero-order chi connectivity index (χ0) is 17.6. The molecule has 1 aromatic carbocycles. The molecule has 0 bridgehead atoms. The lowest BCUT2D eigenvalue weighted by Crippen LogP contribution is -2.47. The van der Waals surface area contributed by atoms with Crippen molar-refractivity contribution in [2.24, 2.45) is 10.3 Å². The molecule has 0 aliphatic carbocycles. The SMILES string of the molecule is COC(=O)N[C@H](C(=O)Nc1ccc(N=S(C)(C)=O)cc1)C(C)C. The maximum atomic E-state index is 12.3. The van der Waals surface area contributed by atoms with Crippen molar-refractivity contribution in [3.8, 4) is 0 Å². The molecule has 0 radical (unpaired) electrons. The van der Waals surface area contributed by atoms with Crippen LogP contribution in [-0.4, -0.2) is 41.9 Å². The van der Waals surface area contributed by atoms with Crippen LogP contribution in [0.4, 0.5) is 16.2 Å². The Balaban J connectivity index is 2.83. The summed E-state index contributed by atoms with van der Waals surface area (Å²) >= 11 is 0. The van der Waals surface area contributed by atoms with Gasteiger partial charge in [-0.3, -0.25) is 4.79 Å². The summed E-state index contributed by atoms with van der Waals surface area (Å²) in [5.74, 6) is -0.446. The molecule has 0 fully saturated rings. The number of hydrogen-bond acceptors (Lipinski definition) is 5. The Morgan fingerprint density at radius 1 is 1.17 bits per heavy atom. The highest BCUT2D eigenvalue weighted by atomic mass is 32.2. The van der Waals surface area contributed by atoms with Crippen molar-refractivity contribution in [3.63, 3.8) is 0 Å². The number of alkyl carbamates (subject to hydrolysis) is 1. The van der Waals surface area contributed by atoms with Crippen molar-refractivity contribution in [1.82, 2.24) is 5.32 Å². The first kappa shape index (κ1) is 19.0. The average molecular weight is 341 g/mol. The molecule has 7 nitrogen and oxygen atoms in total. The highest BCUT2D eigenvalue weighted by Crippen LogP contribution is 2.18. The van der Waals surface area contributed by atoms with Gasteiger partial charge in [0.25, 0.3) is 0 Å². The summed E-state index contributed by atoms with van der Waals surface area (Å²) in [4.78, 5) is 23.6. The number of anilines is 1. The fraction of sp³-hybridized carbons (Fsp3) is 0.467. The number of carbonyl (C=O) groups excluding carboxylic acids is 2. The van der Waals surface area contributed by atoms with E-state index in [-0.39, 0.29) is 11.8 Å². The Hall–Kier alpha value is -2.09. The van der Waals surface area contributed by atoms with Crippen molar-refractivity contribution < 1.29 is 18.5 Å². The Kier molecular flexibility index (Phi) is 6.56. The Bertz CT molecular complexity index is 668. The predicted molar refractivity (Wildman–Crippen MR) is 91.3 cm³/mol. The van der Waals surface area contributed by atoms with Crippen LogP contribution in [0, 0.1) is 5.92 Å². The van der Waals surface area contributed by atoms with Gasteiger partial charge in [-0.25, -0.2) is 9.00 Å². The van der Waals surface area contributed by atoms with Gasteiger partial charge in [0.15, 0.2) is 0 Å². The van der Waals surface area contributed by atoms with E-state index in [0.29, 0.717) is 11.4 Å². The van der Waals surface area contributed by atoms with Crippen LogP contribution in [-0.2, 0) is 19.3 Å². The highest BCUT2D eigenvalue weighted by Gasteiger charge is 2.24. The number of hydrogen-bond donors (Lipinski definition) is 2. The zero-order valence-electron chi connectivity index (χ0n) is 14.0. The molecular formula is C15H23N3O4S. The van der Waals surface area contributed by atoms with Crippen LogP contribution in [0.25, 0.3) is 0 Å². The van der Waals surface area contributed by atoms with E-state index in [2.05, 4.69) is 19.7 Å². The molecule has 128 valence electrons. The van der Waals surface area contributed by atoms with Gasteiger partial charge in [-0.05, 0) is 30.2 Å². The quantitative estimate of drug-likeness (QED) is 0.859. The molecule has 0 aliphatic heterocycles. The van der Waals surface area contributed by atoms with Crippen molar-refractivity contribution in [2.75, 3.05) is 24.9 Å². The predicted octanol–water partition coefficient (Wildman–Crippen LogP) is 2.36.